The summed E-state index contributed by atoms with van der Waals surface area (Å²) >= 11 is 0. The predicted octanol–water partition coefficient (Wildman–Crippen LogP) is 1.85. The summed E-state index contributed by atoms with van der Waals surface area (Å²) in [6.07, 6.45) is 2.35. The van der Waals surface area contributed by atoms with Crippen LogP contribution in [0.15, 0.2) is 36.5 Å². The van der Waals surface area contributed by atoms with Crippen LogP contribution in [0.3, 0.4) is 0 Å². The summed E-state index contributed by atoms with van der Waals surface area (Å²) in [6.45, 7) is 0.441. The van der Waals surface area contributed by atoms with E-state index >= 15 is 0 Å². The second-order valence-electron chi connectivity index (χ2n) is 6.79. The van der Waals surface area contributed by atoms with Crippen LogP contribution in [0.25, 0.3) is 0 Å². The second kappa shape index (κ2) is 9.27. The number of hydrogen-bond acceptors (Lipinski definition) is 6. The molecule has 1 N–H and O–H groups in total. The minimum Gasteiger partial charge on any atom is -0.493 e. The fraction of sp³-hybridized carbons (Fsp3) is 0.381. The van der Waals surface area contributed by atoms with E-state index in [0.29, 0.717) is 36.7 Å². The summed E-state index contributed by atoms with van der Waals surface area (Å²) in [5.74, 6) is -0.200. The molecule has 0 aliphatic carbocycles. The molecule has 1 aromatic heterocycles. The van der Waals surface area contributed by atoms with Crippen molar-refractivity contribution in [3.63, 3.8) is 0 Å². The number of rotatable bonds is 9. The summed E-state index contributed by atoms with van der Waals surface area (Å²) in [6, 6.07) is 8.92. The van der Waals surface area contributed by atoms with Gasteiger partial charge in [-0.15, -0.1) is 0 Å². The molecule has 1 aliphatic heterocycles. The summed E-state index contributed by atoms with van der Waals surface area (Å²) in [5.41, 5.74) is 1.38. The van der Waals surface area contributed by atoms with Gasteiger partial charge in [0, 0.05) is 25.7 Å². The Hall–Kier alpha value is -3.29. The number of ether oxygens (including phenoxy) is 3. The van der Waals surface area contributed by atoms with Gasteiger partial charge in [0.2, 0.25) is 11.7 Å². The molecule has 29 heavy (non-hydrogen) atoms. The summed E-state index contributed by atoms with van der Waals surface area (Å²) < 4.78 is 15.6. The van der Waals surface area contributed by atoms with Crippen LogP contribution in [0.1, 0.15) is 22.5 Å². The third kappa shape index (κ3) is 4.96. The number of methoxy groups -OCH3 is 2. The molecule has 0 saturated carbocycles. The van der Waals surface area contributed by atoms with Crippen molar-refractivity contribution in [1.82, 2.24) is 9.88 Å². The molecule has 0 bridgehead atoms. The van der Waals surface area contributed by atoms with E-state index in [9.17, 15) is 14.4 Å². The Morgan fingerprint density at radius 2 is 1.97 bits per heavy atom. The van der Waals surface area contributed by atoms with Crippen molar-refractivity contribution in [2.24, 2.45) is 5.92 Å². The van der Waals surface area contributed by atoms with E-state index in [0.717, 1.165) is 5.56 Å². The number of H-pyrrole nitrogens is 1. The highest BCUT2D eigenvalue weighted by atomic mass is 16.5. The van der Waals surface area contributed by atoms with E-state index in [1.165, 1.54) is 0 Å². The monoisotopic (exact) mass is 400 g/mol. The smallest absolute Gasteiger partial charge is 0.311 e. The zero-order valence-corrected chi connectivity index (χ0v) is 16.5. The van der Waals surface area contributed by atoms with Crippen molar-refractivity contribution in [2.75, 3.05) is 33.9 Å². The van der Waals surface area contributed by atoms with E-state index in [2.05, 4.69) is 4.98 Å². The number of carbonyl (C=O) groups is 3. The number of aromatic nitrogens is 1. The number of hydrogen-bond donors (Lipinski definition) is 1. The van der Waals surface area contributed by atoms with E-state index in [1.807, 2.05) is 18.2 Å². The van der Waals surface area contributed by atoms with Crippen LogP contribution in [-0.2, 0) is 20.7 Å². The summed E-state index contributed by atoms with van der Waals surface area (Å²) in [4.78, 5) is 40.8. The van der Waals surface area contributed by atoms with Crippen molar-refractivity contribution in [3.05, 3.63) is 47.8 Å². The van der Waals surface area contributed by atoms with Crippen LogP contribution < -0.4 is 9.47 Å². The molecule has 154 valence electrons. The van der Waals surface area contributed by atoms with Crippen LogP contribution in [0.4, 0.5) is 0 Å². The molecule has 1 aromatic carbocycles. The highest BCUT2D eigenvalue weighted by Gasteiger charge is 2.35. The van der Waals surface area contributed by atoms with E-state index in [1.54, 1.807) is 37.4 Å². The lowest BCUT2D eigenvalue weighted by Crippen LogP contribution is -2.29. The lowest BCUT2D eigenvalue weighted by Gasteiger charge is -2.17. The Morgan fingerprint density at radius 3 is 2.66 bits per heavy atom. The van der Waals surface area contributed by atoms with Gasteiger partial charge in [0.15, 0.2) is 18.1 Å². The van der Waals surface area contributed by atoms with Crippen molar-refractivity contribution < 1.29 is 28.6 Å². The molecule has 1 fully saturated rings. The molecule has 8 heteroatoms. The van der Waals surface area contributed by atoms with Crippen LogP contribution in [-0.4, -0.2) is 61.5 Å². The van der Waals surface area contributed by atoms with Gasteiger partial charge in [-0.1, -0.05) is 6.07 Å². The number of carbonyl (C=O) groups excluding carboxylic acids is 3. The summed E-state index contributed by atoms with van der Waals surface area (Å²) in [5, 5.41) is 0. The molecule has 8 nitrogen and oxygen atoms in total. The Morgan fingerprint density at radius 1 is 1.17 bits per heavy atom. The van der Waals surface area contributed by atoms with Crippen LogP contribution in [0, 0.1) is 5.92 Å². The van der Waals surface area contributed by atoms with Crippen molar-refractivity contribution in [2.45, 2.75) is 12.8 Å². The number of ketones is 1. The van der Waals surface area contributed by atoms with Gasteiger partial charge >= 0.3 is 5.97 Å². The number of esters is 1. The first-order chi connectivity index (χ1) is 14.0. The molecule has 2 heterocycles. The minimum absolute atomic E-state index is 0.0943. The minimum atomic E-state index is -0.552. The number of benzene rings is 1. The zero-order chi connectivity index (χ0) is 20.8. The molecular formula is C21H24N2O6. The van der Waals surface area contributed by atoms with Gasteiger partial charge in [0.05, 0.1) is 25.8 Å². The van der Waals surface area contributed by atoms with E-state index in [4.69, 9.17) is 14.2 Å². The van der Waals surface area contributed by atoms with Gasteiger partial charge in [-0.2, -0.15) is 0 Å². The molecule has 3 rings (SSSR count). The number of likely N-dealkylation sites (tertiary alicyclic amines) is 1. The van der Waals surface area contributed by atoms with Gasteiger partial charge < -0.3 is 24.1 Å². The molecule has 0 radical (unpaired) electrons. The van der Waals surface area contributed by atoms with Crippen LogP contribution >= 0.6 is 0 Å². The second-order valence-corrected chi connectivity index (χ2v) is 6.79. The largest absolute Gasteiger partial charge is 0.493 e. The van der Waals surface area contributed by atoms with Gasteiger partial charge in [0.25, 0.3) is 0 Å². The van der Waals surface area contributed by atoms with Crippen LogP contribution in [0.5, 0.6) is 11.5 Å². The maximum atomic E-state index is 12.3. The predicted molar refractivity (Wildman–Crippen MR) is 104 cm³/mol. The number of amides is 1. The van der Waals surface area contributed by atoms with Gasteiger partial charge in [-0.25, -0.2) is 0 Å². The SMILES string of the molecule is COc1ccc(CCN2C[C@@H](C(=O)OCC(=O)c3ccc[nH]3)CC2=O)cc1OC. The Balaban J connectivity index is 1.49. The highest BCUT2D eigenvalue weighted by Crippen LogP contribution is 2.28. The van der Waals surface area contributed by atoms with Gasteiger partial charge in [-0.05, 0) is 36.2 Å². The Labute approximate surface area is 168 Å². The van der Waals surface area contributed by atoms with Crippen molar-refractivity contribution >= 4 is 17.7 Å². The molecule has 1 amide bonds. The number of nitrogens with one attached hydrogen (secondary N) is 1. The molecule has 0 spiro atoms. The van der Waals surface area contributed by atoms with Gasteiger partial charge in [-0.3, -0.25) is 14.4 Å². The normalized spacial score (nSPS) is 16.0. The first-order valence-electron chi connectivity index (χ1n) is 9.33. The third-order valence-electron chi connectivity index (χ3n) is 4.91. The zero-order valence-electron chi connectivity index (χ0n) is 16.5. The first-order valence-corrected chi connectivity index (χ1v) is 9.33. The molecule has 0 unspecified atom stereocenters. The molecule has 1 atom stereocenters. The average molecular weight is 400 g/mol. The molecule has 1 aliphatic rings. The molecule has 2 aromatic rings. The van der Waals surface area contributed by atoms with Crippen molar-refractivity contribution in [1.29, 1.82) is 0 Å². The van der Waals surface area contributed by atoms with E-state index in [-0.39, 0.29) is 24.7 Å². The number of nitrogens with zero attached hydrogens (tertiary/aromatic N) is 1. The Kier molecular flexibility index (Phi) is 6.54. The third-order valence-corrected chi connectivity index (χ3v) is 4.91. The van der Waals surface area contributed by atoms with Crippen LogP contribution in [0.2, 0.25) is 0 Å². The topological polar surface area (TPSA) is 97.9 Å². The summed E-state index contributed by atoms with van der Waals surface area (Å²) in [7, 11) is 3.15. The lowest BCUT2D eigenvalue weighted by molar-refractivity contribution is -0.147. The number of Topliss-reactive ketones (excluding diaryl/α,β-unsaturated/α-hetero) is 1. The maximum Gasteiger partial charge on any atom is 0.311 e. The van der Waals surface area contributed by atoms with Crippen molar-refractivity contribution in [3.8, 4) is 11.5 Å². The van der Waals surface area contributed by atoms with E-state index < -0.39 is 11.9 Å². The first kappa shape index (κ1) is 20.4. The fourth-order valence-electron chi connectivity index (χ4n) is 3.28. The molecular weight excluding hydrogens is 376 g/mol. The fourth-order valence-corrected chi connectivity index (χ4v) is 3.28. The van der Waals surface area contributed by atoms with Gasteiger partial charge in [0.1, 0.15) is 0 Å². The number of aromatic amines is 1. The highest BCUT2D eigenvalue weighted by molar-refractivity contribution is 5.96. The Bertz CT molecular complexity index is 877. The average Bonchev–Trinajstić information content (AvgIpc) is 3.40. The lowest BCUT2D eigenvalue weighted by atomic mass is 10.1. The standard InChI is InChI=1S/C21H24N2O6/c1-27-18-6-5-14(10-19(18)28-2)7-9-23-12-15(11-20(23)25)21(26)29-13-17(24)16-4-3-8-22-16/h3-6,8,10,15,22H,7,9,11-13H2,1-2H3/t15-/m0/s1. The molecule has 1 saturated heterocycles. The quantitative estimate of drug-likeness (QED) is 0.510. The maximum absolute atomic E-state index is 12.3.